The fraction of sp³-hybridized carbons (Fsp3) is 0.867. The second-order valence-electron chi connectivity index (χ2n) is 7.04. The van der Waals surface area contributed by atoms with Gasteiger partial charge in [0.25, 0.3) is 10.2 Å². The molecule has 0 saturated carbocycles. The molecule has 0 radical (unpaired) electrons. The summed E-state index contributed by atoms with van der Waals surface area (Å²) in [6.07, 6.45) is 3.95. The fourth-order valence-corrected chi connectivity index (χ4v) is 5.74. The molecule has 10 heteroatoms. The van der Waals surface area contributed by atoms with Crippen molar-refractivity contribution in [3.8, 4) is 0 Å². The Hall–Kier alpha value is -1.07. The molecule has 0 bridgehead atoms. The Bertz CT molecular complexity index is 701. The lowest BCUT2D eigenvalue weighted by atomic mass is 9.99. The summed E-state index contributed by atoms with van der Waals surface area (Å²) >= 11 is 0. The minimum Gasteiger partial charge on any atom is -0.384 e. The predicted octanol–water partition coefficient (Wildman–Crippen LogP) is 0.0269. The number of nitrogens with zero attached hydrogens (tertiary/aromatic N) is 5. The zero-order valence-electron chi connectivity index (χ0n) is 14.5. The van der Waals surface area contributed by atoms with Crippen LogP contribution in [0.4, 0.5) is 0 Å². The van der Waals surface area contributed by atoms with Gasteiger partial charge in [-0.3, -0.25) is 0 Å². The maximum absolute atomic E-state index is 13.0. The van der Waals surface area contributed by atoms with E-state index < -0.39 is 10.2 Å². The fourth-order valence-electron chi connectivity index (χ4n) is 4.07. The molecule has 9 nitrogen and oxygen atoms in total. The van der Waals surface area contributed by atoms with E-state index >= 15 is 0 Å². The lowest BCUT2D eigenvalue weighted by molar-refractivity contribution is -0.0553. The average Bonchev–Trinajstić information content (AvgIpc) is 3.11. The first-order valence-electron chi connectivity index (χ1n) is 8.84. The number of hydrogen-bond donors (Lipinski definition) is 0. The van der Waals surface area contributed by atoms with Crippen molar-refractivity contribution in [1.82, 2.24) is 23.6 Å². The van der Waals surface area contributed by atoms with E-state index in [4.69, 9.17) is 9.47 Å². The van der Waals surface area contributed by atoms with Crippen molar-refractivity contribution in [1.29, 1.82) is 0 Å². The van der Waals surface area contributed by atoms with E-state index in [1.54, 1.807) is 21.9 Å². The molecule has 0 unspecified atom stereocenters. The number of fused-ring (bicyclic) bond motifs is 3. The van der Waals surface area contributed by atoms with E-state index in [9.17, 15) is 8.42 Å². The highest BCUT2D eigenvalue weighted by atomic mass is 32.2. The quantitative estimate of drug-likeness (QED) is 0.742. The van der Waals surface area contributed by atoms with Crippen LogP contribution < -0.4 is 0 Å². The van der Waals surface area contributed by atoms with Crippen molar-refractivity contribution >= 4 is 10.2 Å². The van der Waals surface area contributed by atoms with Crippen molar-refractivity contribution in [2.45, 2.75) is 38.0 Å². The number of piperidine rings is 2. The number of aromatic nitrogens is 3. The molecular weight excluding hydrogens is 346 g/mol. The zero-order chi connectivity index (χ0) is 17.4. The molecule has 140 valence electrons. The first kappa shape index (κ1) is 17.3. The highest BCUT2D eigenvalue weighted by Crippen LogP contribution is 2.32. The summed E-state index contributed by atoms with van der Waals surface area (Å²) in [4.78, 5) is 0. The molecular formula is C15H25N5O4S. The molecule has 0 aliphatic carbocycles. The van der Waals surface area contributed by atoms with Gasteiger partial charge >= 0.3 is 0 Å². The third-order valence-electron chi connectivity index (χ3n) is 5.52. The molecule has 3 aliphatic rings. The third kappa shape index (κ3) is 3.21. The first-order chi connectivity index (χ1) is 12.1. The molecule has 1 aromatic heterocycles. The lowest BCUT2D eigenvalue weighted by Gasteiger charge is -2.42. The summed E-state index contributed by atoms with van der Waals surface area (Å²) in [5.74, 6) is 0.453. The van der Waals surface area contributed by atoms with Crippen molar-refractivity contribution in [3.05, 3.63) is 11.9 Å². The van der Waals surface area contributed by atoms with Crippen LogP contribution in [0, 0.1) is 5.92 Å². The topological polar surface area (TPSA) is 89.8 Å². The van der Waals surface area contributed by atoms with Crippen molar-refractivity contribution in [2.75, 3.05) is 39.9 Å². The van der Waals surface area contributed by atoms with Gasteiger partial charge in [0.15, 0.2) is 0 Å². The summed E-state index contributed by atoms with van der Waals surface area (Å²) in [6, 6.07) is 0.0742. The SMILES string of the molecule is COCC1CCN(S(=O)(=O)N2CC[C@H]3[C@H](C2)OCc2cnnn23)CC1. The maximum atomic E-state index is 13.0. The Labute approximate surface area is 148 Å². The minimum atomic E-state index is -3.44. The largest absolute Gasteiger partial charge is 0.384 e. The summed E-state index contributed by atoms with van der Waals surface area (Å²) in [6.45, 7) is 3.14. The second-order valence-corrected chi connectivity index (χ2v) is 8.97. The van der Waals surface area contributed by atoms with Gasteiger partial charge in [0.1, 0.15) is 0 Å². The van der Waals surface area contributed by atoms with Crippen LogP contribution in [0.25, 0.3) is 0 Å². The zero-order valence-corrected chi connectivity index (χ0v) is 15.3. The van der Waals surface area contributed by atoms with Crippen LogP contribution >= 0.6 is 0 Å². The number of rotatable bonds is 4. The average molecular weight is 371 g/mol. The molecule has 2 atom stereocenters. The Morgan fingerprint density at radius 2 is 2.00 bits per heavy atom. The van der Waals surface area contributed by atoms with E-state index in [1.807, 2.05) is 4.68 Å². The van der Waals surface area contributed by atoms with Gasteiger partial charge in [-0.2, -0.15) is 17.0 Å². The van der Waals surface area contributed by atoms with Crippen molar-refractivity contribution in [2.24, 2.45) is 5.92 Å². The van der Waals surface area contributed by atoms with Gasteiger partial charge < -0.3 is 9.47 Å². The highest BCUT2D eigenvalue weighted by Gasteiger charge is 2.42. The molecule has 0 spiro atoms. The van der Waals surface area contributed by atoms with Gasteiger partial charge in [0.2, 0.25) is 0 Å². The molecule has 0 N–H and O–H groups in total. The van der Waals surface area contributed by atoms with Gasteiger partial charge in [-0.05, 0) is 25.2 Å². The smallest absolute Gasteiger partial charge is 0.282 e. The molecule has 4 heterocycles. The van der Waals surface area contributed by atoms with Crippen LogP contribution in [-0.4, -0.2) is 78.0 Å². The van der Waals surface area contributed by atoms with Gasteiger partial charge in [0.05, 0.1) is 30.6 Å². The van der Waals surface area contributed by atoms with E-state index in [0.29, 0.717) is 51.7 Å². The second kappa shape index (κ2) is 6.92. The molecule has 2 saturated heterocycles. The van der Waals surface area contributed by atoms with Gasteiger partial charge in [0, 0.05) is 39.9 Å². The van der Waals surface area contributed by atoms with E-state index in [2.05, 4.69) is 10.3 Å². The molecule has 3 aliphatic heterocycles. The van der Waals surface area contributed by atoms with Crippen molar-refractivity contribution < 1.29 is 17.9 Å². The lowest BCUT2D eigenvalue weighted by Crippen LogP contribution is -2.55. The van der Waals surface area contributed by atoms with Crippen molar-refractivity contribution in [3.63, 3.8) is 0 Å². The normalized spacial score (nSPS) is 29.3. The Morgan fingerprint density at radius 1 is 1.24 bits per heavy atom. The van der Waals surface area contributed by atoms with Crippen LogP contribution in [0.1, 0.15) is 31.0 Å². The molecule has 1 aromatic rings. The molecule has 25 heavy (non-hydrogen) atoms. The van der Waals surface area contributed by atoms with E-state index in [0.717, 1.165) is 18.5 Å². The Kier molecular flexibility index (Phi) is 4.80. The molecule has 2 fully saturated rings. The summed E-state index contributed by atoms with van der Waals surface area (Å²) in [5.41, 5.74) is 0.956. The highest BCUT2D eigenvalue weighted by molar-refractivity contribution is 7.86. The number of ether oxygens (including phenoxy) is 2. The van der Waals surface area contributed by atoms with E-state index in [-0.39, 0.29) is 12.1 Å². The predicted molar refractivity (Wildman–Crippen MR) is 88.9 cm³/mol. The van der Waals surface area contributed by atoms with E-state index in [1.165, 1.54) is 0 Å². The molecule has 0 aromatic carbocycles. The number of methoxy groups -OCH3 is 1. The summed E-state index contributed by atoms with van der Waals surface area (Å²) < 4.78 is 42.2. The minimum absolute atomic E-state index is 0.0742. The Morgan fingerprint density at radius 3 is 2.76 bits per heavy atom. The van der Waals surface area contributed by atoms with Crippen LogP contribution in [-0.2, 0) is 26.3 Å². The monoisotopic (exact) mass is 371 g/mol. The van der Waals surface area contributed by atoms with Gasteiger partial charge in [-0.15, -0.1) is 5.10 Å². The maximum Gasteiger partial charge on any atom is 0.282 e. The number of hydrogen-bond acceptors (Lipinski definition) is 6. The van der Waals surface area contributed by atoms with Crippen LogP contribution in [0.3, 0.4) is 0 Å². The van der Waals surface area contributed by atoms with Crippen LogP contribution in [0.15, 0.2) is 6.20 Å². The Balaban J connectivity index is 1.41. The summed E-state index contributed by atoms with van der Waals surface area (Å²) in [5, 5.41) is 8.08. The third-order valence-corrected chi connectivity index (χ3v) is 7.53. The van der Waals surface area contributed by atoms with Crippen LogP contribution in [0.2, 0.25) is 0 Å². The standard InChI is InChI=1S/C15H25N5O4S/c1-23-10-12-2-5-18(6-3-12)25(21,22)19-7-4-14-15(9-19)24-11-13-8-16-17-20(13)14/h8,12,14-15H,2-7,9-11H2,1H3/t14-,15-/m0/s1. The summed E-state index contributed by atoms with van der Waals surface area (Å²) in [7, 11) is -1.75. The van der Waals surface area contributed by atoms with Crippen LogP contribution in [0.5, 0.6) is 0 Å². The molecule has 0 amide bonds. The molecule has 4 rings (SSSR count). The first-order valence-corrected chi connectivity index (χ1v) is 10.2. The van der Waals surface area contributed by atoms with Gasteiger partial charge in [-0.25, -0.2) is 4.68 Å². The van der Waals surface area contributed by atoms with Gasteiger partial charge in [-0.1, -0.05) is 5.21 Å².